The van der Waals surface area contributed by atoms with Crippen LogP contribution in [0.1, 0.15) is 24.0 Å². The highest BCUT2D eigenvalue weighted by atomic mass is 16.0. The standard InChI is InChI=1S/C20H24N10/c1-2-12-26(11-1)29-18(19-23-8-9-24-19)17(16-5-3-6-22-16)20(28-13-4-7-25-28)30(29)27-14-10-21-15-27/h1,3-9,11,15,18,22,25H,2,10,12-14H2,(H,23,24). The van der Waals surface area contributed by atoms with Crippen LogP contribution in [0.3, 0.4) is 0 Å². The van der Waals surface area contributed by atoms with E-state index in [0.29, 0.717) is 0 Å². The molecule has 0 saturated heterocycles. The topological polar surface area (TPSA) is 85.1 Å². The van der Waals surface area contributed by atoms with E-state index in [1.54, 1.807) is 0 Å². The average molecular weight is 404 g/mol. The number of hydrazine groups is 4. The number of aromatic nitrogens is 3. The predicted octanol–water partition coefficient (Wildman–Crippen LogP) is 1.41. The minimum atomic E-state index is -0.132. The highest BCUT2D eigenvalue weighted by Crippen LogP contribution is 2.47. The van der Waals surface area contributed by atoms with Gasteiger partial charge < -0.3 is 15.4 Å². The molecule has 2 aromatic heterocycles. The molecule has 0 saturated carbocycles. The highest BCUT2D eigenvalue weighted by Gasteiger charge is 2.49. The number of nitrogens with one attached hydrogen (secondary N) is 3. The van der Waals surface area contributed by atoms with Gasteiger partial charge in [0, 0.05) is 48.8 Å². The first-order chi connectivity index (χ1) is 14.9. The van der Waals surface area contributed by atoms with Crippen molar-refractivity contribution in [2.45, 2.75) is 12.5 Å². The van der Waals surface area contributed by atoms with Gasteiger partial charge in [-0.05, 0) is 24.6 Å². The van der Waals surface area contributed by atoms with E-state index in [1.807, 2.05) is 37.2 Å². The second kappa shape index (κ2) is 6.99. The molecular formula is C20H24N10. The maximum Gasteiger partial charge on any atom is 0.169 e. The summed E-state index contributed by atoms with van der Waals surface area (Å²) in [5.41, 5.74) is 5.60. The summed E-state index contributed by atoms with van der Waals surface area (Å²) in [5.74, 6) is 1.95. The van der Waals surface area contributed by atoms with Gasteiger partial charge in [0.2, 0.25) is 0 Å². The Morgan fingerprint density at radius 2 is 2.07 bits per heavy atom. The summed E-state index contributed by atoms with van der Waals surface area (Å²) in [6.45, 7) is 3.29. The molecule has 4 aliphatic heterocycles. The van der Waals surface area contributed by atoms with Crippen LogP contribution in [-0.2, 0) is 0 Å². The molecule has 0 aromatic carbocycles. The number of hydrogen-bond acceptors (Lipinski definition) is 8. The van der Waals surface area contributed by atoms with Crippen LogP contribution in [0.2, 0.25) is 0 Å². The van der Waals surface area contributed by atoms with Crippen molar-refractivity contribution in [1.29, 1.82) is 0 Å². The van der Waals surface area contributed by atoms with Gasteiger partial charge in [-0.25, -0.2) is 4.98 Å². The van der Waals surface area contributed by atoms with E-state index in [0.717, 1.165) is 55.5 Å². The van der Waals surface area contributed by atoms with Gasteiger partial charge in [0.15, 0.2) is 5.82 Å². The first kappa shape index (κ1) is 17.2. The second-order valence-corrected chi connectivity index (χ2v) is 7.47. The van der Waals surface area contributed by atoms with Crippen molar-refractivity contribution < 1.29 is 0 Å². The second-order valence-electron chi connectivity index (χ2n) is 7.47. The van der Waals surface area contributed by atoms with Crippen LogP contribution in [0.5, 0.6) is 0 Å². The Balaban J connectivity index is 1.57. The van der Waals surface area contributed by atoms with E-state index in [4.69, 9.17) is 0 Å². The molecule has 0 fully saturated rings. The van der Waals surface area contributed by atoms with Crippen LogP contribution in [0.25, 0.3) is 5.57 Å². The SMILES string of the molecule is C1=CN(N2C(c3ncc[nH]3)C(c3ccc[nH]3)=C(N3CC=CN3)N2N2C=NCC2)CC1. The minimum Gasteiger partial charge on any atom is -0.361 e. The third-order valence-corrected chi connectivity index (χ3v) is 5.67. The zero-order chi connectivity index (χ0) is 19.9. The number of rotatable bonds is 5. The smallest absolute Gasteiger partial charge is 0.169 e. The summed E-state index contributed by atoms with van der Waals surface area (Å²) in [4.78, 5) is 16.0. The van der Waals surface area contributed by atoms with E-state index in [9.17, 15) is 0 Å². The Morgan fingerprint density at radius 3 is 2.73 bits per heavy atom. The Hall–Kier alpha value is -3.66. The lowest BCUT2D eigenvalue weighted by atomic mass is 10.0. The largest absolute Gasteiger partial charge is 0.361 e. The van der Waals surface area contributed by atoms with Gasteiger partial charge in [0.25, 0.3) is 0 Å². The maximum absolute atomic E-state index is 4.67. The maximum atomic E-state index is 4.67. The minimum absolute atomic E-state index is 0.132. The molecule has 0 bridgehead atoms. The zero-order valence-electron chi connectivity index (χ0n) is 16.5. The lowest BCUT2D eigenvalue weighted by Crippen LogP contribution is -2.57. The van der Waals surface area contributed by atoms with E-state index >= 15 is 0 Å². The molecule has 3 N–H and O–H groups in total. The number of aromatic amines is 2. The molecule has 1 unspecified atom stereocenters. The molecule has 0 radical (unpaired) electrons. The Bertz CT molecular complexity index is 995. The fourth-order valence-corrected chi connectivity index (χ4v) is 4.40. The molecule has 0 amide bonds. The molecule has 6 rings (SSSR count). The molecule has 4 aliphatic rings. The molecule has 30 heavy (non-hydrogen) atoms. The van der Waals surface area contributed by atoms with Crippen LogP contribution in [0.4, 0.5) is 0 Å². The van der Waals surface area contributed by atoms with Crippen LogP contribution >= 0.6 is 0 Å². The molecule has 0 aliphatic carbocycles. The van der Waals surface area contributed by atoms with E-state index in [1.165, 1.54) is 0 Å². The Kier molecular flexibility index (Phi) is 4.01. The van der Waals surface area contributed by atoms with Crippen molar-refractivity contribution in [2.24, 2.45) is 4.99 Å². The van der Waals surface area contributed by atoms with Crippen molar-refractivity contribution >= 4 is 11.9 Å². The monoisotopic (exact) mass is 404 g/mol. The molecular weight excluding hydrogens is 380 g/mol. The molecule has 6 heterocycles. The van der Waals surface area contributed by atoms with Crippen LogP contribution in [0.15, 0.2) is 66.1 Å². The lowest BCUT2D eigenvalue weighted by molar-refractivity contribution is -0.225. The zero-order valence-corrected chi connectivity index (χ0v) is 16.5. The number of hydrogen-bond donors (Lipinski definition) is 3. The number of H-pyrrole nitrogens is 2. The van der Waals surface area contributed by atoms with E-state index in [2.05, 4.69) is 75.1 Å². The first-order valence-corrected chi connectivity index (χ1v) is 10.3. The van der Waals surface area contributed by atoms with Gasteiger partial charge in [-0.2, -0.15) is 5.12 Å². The summed E-state index contributed by atoms with van der Waals surface area (Å²) >= 11 is 0. The van der Waals surface area contributed by atoms with Crippen LogP contribution in [0, 0.1) is 0 Å². The number of nitrogens with zero attached hydrogens (tertiary/aromatic N) is 7. The van der Waals surface area contributed by atoms with Gasteiger partial charge in [-0.15, -0.1) is 0 Å². The van der Waals surface area contributed by atoms with Gasteiger partial charge >= 0.3 is 0 Å². The van der Waals surface area contributed by atoms with Crippen LogP contribution in [-0.4, -0.2) is 72.7 Å². The number of aliphatic imine (C=N–C) groups is 1. The van der Waals surface area contributed by atoms with Gasteiger partial charge in [0.05, 0.1) is 19.6 Å². The summed E-state index contributed by atoms with van der Waals surface area (Å²) in [5, 5.41) is 11.1. The Morgan fingerprint density at radius 1 is 1.07 bits per heavy atom. The third-order valence-electron chi connectivity index (χ3n) is 5.67. The van der Waals surface area contributed by atoms with Crippen molar-refractivity contribution in [3.8, 4) is 0 Å². The molecule has 154 valence electrons. The van der Waals surface area contributed by atoms with Crippen molar-refractivity contribution in [1.82, 2.24) is 45.6 Å². The summed E-state index contributed by atoms with van der Waals surface area (Å²) in [7, 11) is 0. The lowest BCUT2D eigenvalue weighted by Gasteiger charge is -2.44. The summed E-state index contributed by atoms with van der Waals surface area (Å²) < 4.78 is 0. The molecule has 10 heteroatoms. The fourth-order valence-electron chi connectivity index (χ4n) is 4.40. The fraction of sp³-hybridized carbons (Fsp3) is 0.300. The van der Waals surface area contributed by atoms with E-state index < -0.39 is 0 Å². The number of imidazole rings is 1. The van der Waals surface area contributed by atoms with Gasteiger partial charge in [-0.1, -0.05) is 11.2 Å². The summed E-state index contributed by atoms with van der Waals surface area (Å²) in [6.07, 6.45) is 17.1. The molecule has 0 spiro atoms. The molecule has 1 atom stereocenters. The quantitative estimate of drug-likeness (QED) is 0.695. The predicted molar refractivity (Wildman–Crippen MR) is 112 cm³/mol. The van der Waals surface area contributed by atoms with Crippen LogP contribution < -0.4 is 5.43 Å². The summed E-state index contributed by atoms with van der Waals surface area (Å²) in [6, 6.07) is 4.02. The van der Waals surface area contributed by atoms with Gasteiger partial charge in [0.1, 0.15) is 18.2 Å². The molecule has 2 aromatic rings. The first-order valence-electron chi connectivity index (χ1n) is 10.3. The third kappa shape index (κ3) is 2.61. The van der Waals surface area contributed by atoms with Crippen molar-refractivity contribution in [2.75, 3.05) is 26.2 Å². The van der Waals surface area contributed by atoms with Gasteiger partial charge in [-0.3, -0.25) is 20.0 Å². The van der Waals surface area contributed by atoms with Crippen molar-refractivity contribution in [3.63, 3.8) is 0 Å². The Labute approximate surface area is 174 Å². The normalized spacial score (nSPS) is 23.7. The van der Waals surface area contributed by atoms with Crippen molar-refractivity contribution in [3.05, 3.63) is 72.6 Å². The average Bonchev–Trinajstić information content (AvgIpc) is 3.61. The van der Waals surface area contributed by atoms with E-state index in [-0.39, 0.29) is 6.04 Å². The highest BCUT2D eigenvalue weighted by molar-refractivity contribution is 5.73. The molecule has 10 nitrogen and oxygen atoms in total.